The number of ether oxygens (including phenoxy) is 2. The molecular weight excluding hydrogens is 537 g/mol. The molecule has 0 fully saturated rings. The van der Waals surface area contributed by atoms with E-state index in [1.165, 1.54) is 74.6 Å². The zero-order chi connectivity index (χ0) is 29.4. The summed E-state index contributed by atoms with van der Waals surface area (Å²) in [5.41, 5.74) is 0.323. The van der Waals surface area contributed by atoms with Gasteiger partial charge in [-0.1, -0.05) is 36.4 Å². The molecule has 0 spiro atoms. The van der Waals surface area contributed by atoms with Crippen molar-refractivity contribution in [1.29, 1.82) is 0 Å². The van der Waals surface area contributed by atoms with E-state index in [0.29, 0.717) is 5.75 Å². The number of benzene rings is 3. The second-order valence-corrected chi connectivity index (χ2v) is 11.2. The van der Waals surface area contributed by atoms with Gasteiger partial charge in [0.15, 0.2) is 11.5 Å². The van der Waals surface area contributed by atoms with Crippen LogP contribution in [0, 0.1) is 5.82 Å². The third-order valence-electron chi connectivity index (χ3n) is 6.16. The number of methoxy groups -OCH3 is 2. The van der Waals surface area contributed by atoms with Crippen LogP contribution in [-0.4, -0.2) is 58.0 Å². The Morgan fingerprint density at radius 2 is 1.52 bits per heavy atom. The van der Waals surface area contributed by atoms with E-state index in [9.17, 15) is 22.4 Å². The first kappa shape index (κ1) is 30.4. The number of halogens is 1. The van der Waals surface area contributed by atoms with Crippen molar-refractivity contribution in [1.82, 2.24) is 10.2 Å². The van der Waals surface area contributed by atoms with Crippen LogP contribution in [0.3, 0.4) is 0 Å². The number of carbonyl (C=O) groups is 2. The maximum atomic E-state index is 14.6. The van der Waals surface area contributed by atoms with Crippen LogP contribution < -0.4 is 19.1 Å². The molecule has 9 nitrogen and oxygen atoms in total. The smallest absolute Gasteiger partial charge is 0.264 e. The monoisotopic (exact) mass is 571 g/mol. The van der Waals surface area contributed by atoms with Gasteiger partial charge in [0.2, 0.25) is 11.8 Å². The Balaban J connectivity index is 2.09. The minimum absolute atomic E-state index is 0.0381. The molecule has 0 bridgehead atoms. The number of nitrogens with one attached hydrogen (secondary N) is 1. The molecule has 0 aromatic heterocycles. The number of rotatable bonds is 12. The number of sulfonamides is 1. The summed E-state index contributed by atoms with van der Waals surface area (Å²) >= 11 is 0. The number of hydrogen-bond acceptors (Lipinski definition) is 6. The second-order valence-electron chi connectivity index (χ2n) is 9.32. The Morgan fingerprint density at radius 1 is 0.900 bits per heavy atom. The van der Waals surface area contributed by atoms with Gasteiger partial charge < -0.3 is 19.7 Å². The van der Waals surface area contributed by atoms with Gasteiger partial charge in [-0.3, -0.25) is 13.9 Å². The molecule has 0 unspecified atom stereocenters. The first-order chi connectivity index (χ1) is 19.0. The quantitative estimate of drug-likeness (QED) is 0.353. The van der Waals surface area contributed by atoms with Crippen molar-refractivity contribution in [2.75, 3.05) is 25.1 Å². The summed E-state index contributed by atoms with van der Waals surface area (Å²) in [6.07, 6.45) is 0. The molecule has 0 heterocycles. The highest BCUT2D eigenvalue weighted by Gasteiger charge is 2.33. The predicted octanol–water partition coefficient (Wildman–Crippen LogP) is 3.98. The summed E-state index contributed by atoms with van der Waals surface area (Å²) in [7, 11) is -1.40. The van der Waals surface area contributed by atoms with Gasteiger partial charge in [0.1, 0.15) is 18.4 Å². The van der Waals surface area contributed by atoms with Crippen molar-refractivity contribution < 1.29 is 31.9 Å². The highest BCUT2D eigenvalue weighted by atomic mass is 32.2. The fourth-order valence-electron chi connectivity index (χ4n) is 4.03. The molecule has 0 saturated carbocycles. The Kier molecular flexibility index (Phi) is 10.1. The van der Waals surface area contributed by atoms with Crippen molar-refractivity contribution in [2.24, 2.45) is 0 Å². The first-order valence-electron chi connectivity index (χ1n) is 12.6. The van der Waals surface area contributed by atoms with Crippen LogP contribution in [0.1, 0.15) is 26.3 Å². The van der Waals surface area contributed by atoms with E-state index >= 15 is 0 Å². The van der Waals surface area contributed by atoms with E-state index in [-0.39, 0.29) is 34.5 Å². The molecule has 1 atom stereocenters. The van der Waals surface area contributed by atoms with Crippen molar-refractivity contribution in [3.8, 4) is 11.5 Å². The Bertz CT molecular complexity index is 1430. The maximum Gasteiger partial charge on any atom is 0.264 e. The molecule has 0 aliphatic carbocycles. The Morgan fingerprint density at radius 3 is 2.12 bits per heavy atom. The number of carbonyl (C=O) groups excluding carboxylic acids is 2. The van der Waals surface area contributed by atoms with Crippen molar-refractivity contribution in [3.05, 3.63) is 84.2 Å². The minimum Gasteiger partial charge on any atom is -0.493 e. The van der Waals surface area contributed by atoms with Crippen molar-refractivity contribution >= 4 is 27.5 Å². The number of anilines is 1. The van der Waals surface area contributed by atoms with E-state index in [1.807, 2.05) is 0 Å². The average molecular weight is 572 g/mol. The standard InChI is InChI=1S/C29H34FN3O6S/c1-20(2)31-29(35)21(3)32(18-22-11-9-10-14-25(22)30)28(34)19-33(40(36,37)24-12-7-6-8-13-24)23-15-16-26(38-4)27(17-23)39-5/h6-17,20-21H,18-19H2,1-5H3,(H,31,35)/t21-/m0/s1. The largest absolute Gasteiger partial charge is 0.493 e. The van der Waals surface area contributed by atoms with Gasteiger partial charge in [0.05, 0.1) is 24.8 Å². The first-order valence-corrected chi connectivity index (χ1v) is 14.1. The van der Waals surface area contributed by atoms with Gasteiger partial charge in [-0.25, -0.2) is 12.8 Å². The van der Waals surface area contributed by atoms with E-state index in [0.717, 1.165) is 4.31 Å². The molecule has 214 valence electrons. The summed E-state index contributed by atoms with van der Waals surface area (Å²) in [6, 6.07) is 16.8. The summed E-state index contributed by atoms with van der Waals surface area (Å²) in [6.45, 7) is 4.16. The summed E-state index contributed by atoms with van der Waals surface area (Å²) in [5.74, 6) is -1.08. The van der Waals surface area contributed by atoms with E-state index < -0.39 is 40.2 Å². The molecular formula is C29H34FN3O6S. The van der Waals surface area contributed by atoms with E-state index in [1.54, 1.807) is 38.1 Å². The van der Waals surface area contributed by atoms with E-state index in [4.69, 9.17) is 9.47 Å². The van der Waals surface area contributed by atoms with Gasteiger partial charge in [0, 0.05) is 24.2 Å². The normalized spacial score (nSPS) is 12.0. The van der Waals surface area contributed by atoms with Crippen LogP contribution in [0.5, 0.6) is 11.5 Å². The van der Waals surface area contributed by atoms with E-state index in [2.05, 4.69) is 5.32 Å². The van der Waals surface area contributed by atoms with Crippen molar-refractivity contribution in [2.45, 2.75) is 44.3 Å². The van der Waals surface area contributed by atoms with Crippen LogP contribution in [-0.2, 0) is 26.2 Å². The summed E-state index contributed by atoms with van der Waals surface area (Å²) in [5, 5.41) is 2.76. The second kappa shape index (κ2) is 13.3. The van der Waals surface area contributed by atoms with Gasteiger partial charge in [-0.15, -0.1) is 0 Å². The molecule has 3 aromatic carbocycles. The zero-order valence-corrected chi connectivity index (χ0v) is 23.9. The summed E-state index contributed by atoms with van der Waals surface area (Å²) < 4.78 is 53.9. The van der Waals surface area contributed by atoms with Gasteiger partial charge in [0.25, 0.3) is 10.0 Å². The highest BCUT2D eigenvalue weighted by molar-refractivity contribution is 7.92. The molecule has 0 aliphatic rings. The van der Waals surface area contributed by atoms with Crippen LogP contribution in [0.4, 0.5) is 10.1 Å². The van der Waals surface area contributed by atoms with Gasteiger partial charge in [-0.05, 0) is 51.1 Å². The summed E-state index contributed by atoms with van der Waals surface area (Å²) in [4.78, 5) is 28.0. The predicted molar refractivity (Wildman–Crippen MR) is 150 cm³/mol. The Hall–Kier alpha value is -4.12. The number of nitrogens with zero attached hydrogens (tertiary/aromatic N) is 2. The molecule has 11 heteroatoms. The molecule has 3 rings (SSSR count). The molecule has 3 aromatic rings. The van der Waals surface area contributed by atoms with Crippen LogP contribution >= 0.6 is 0 Å². The molecule has 0 saturated heterocycles. The van der Waals surface area contributed by atoms with Crippen molar-refractivity contribution in [3.63, 3.8) is 0 Å². The maximum absolute atomic E-state index is 14.6. The minimum atomic E-state index is -4.26. The zero-order valence-electron chi connectivity index (χ0n) is 23.1. The lowest BCUT2D eigenvalue weighted by Gasteiger charge is -2.32. The lowest BCUT2D eigenvalue weighted by atomic mass is 10.1. The van der Waals surface area contributed by atoms with Crippen LogP contribution in [0.2, 0.25) is 0 Å². The van der Waals surface area contributed by atoms with Gasteiger partial charge >= 0.3 is 0 Å². The number of hydrogen-bond donors (Lipinski definition) is 1. The lowest BCUT2D eigenvalue weighted by Crippen LogP contribution is -2.52. The molecule has 40 heavy (non-hydrogen) atoms. The number of amides is 2. The molecule has 1 N–H and O–H groups in total. The topological polar surface area (TPSA) is 105 Å². The third-order valence-corrected chi connectivity index (χ3v) is 7.95. The van der Waals surface area contributed by atoms with Gasteiger partial charge in [-0.2, -0.15) is 0 Å². The van der Waals surface area contributed by atoms with Crippen LogP contribution in [0.25, 0.3) is 0 Å². The SMILES string of the molecule is COc1ccc(N(CC(=O)N(Cc2ccccc2F)[C@@H](C)C(=O)NC(C)C)S(=O)(=O)c2ccccc2)cc1OC. The molecule has 2 amide bonds. The molecule has 0 aliphatic heterocycles. The molecule has 0 radical (unpaired) electrons. The highest BCUT2D eigenvalue weighted by Crippen LogP contribution is 2.34. The average Bonchev–Trinajstić information content (AvgIpc) is 2.94. The Labute approximate surface area is 234 Å². The lowest BCUT2D eigenvalue weighted by molar-refractivity contribution is -0.139. The van der Waals surface area contributed by atoms with Crippen LogP contribution in [0.15, 0.2) is 77.7 Å². The fourth-order valence-corrected chi connectivity index (χ4v) is 5.45. The third kappa shape index (κ3) is 7.09. The fraction of sp³-hybridized carbons (Fsp3) is 0.310.